The van der Waals surface area contributed by atoms with E-state index < -0.39 is 0 Å². The van der Waals surface area contributed by atoms with E-state index in [0.29, 0.717) is 0 Å². The van der Waals surface area contributed by atoms with Crippen molar-refractivity contribution in [3.63, 3.8) is 0 Å². The van der Waals surface area contributed by atoms with Crippen molar-refractivity contribution in [2.75, 3.05) is 0 Å². The SMILES string of the molecule is C#CC(C#C)c1ccccc1. The summed E-state index contributed by atoms with van der Waals surface area (Å²) < 4.78 is 0. The van der Waals surface area contributed by atoms with Crippen molar-refractivity contribution in [2.45, 2.75) is 5.92 Å². The third-order valence-corrected chi connectivity index (χ3v) is 1.47. The van der Waals surface area contributed by atoms with Crippen LogP contribution >= 0.6 is 0 Å². The quantitative estimate of drug-likeness (QED) is 0.523. The highest BCUT2D eigenvalue weighted by Crippen LogP contribution is 2.11. The van der Waals surface area contributed by atoms with Crippen molar-refractivity contribution in [3.05, 3.63) is 35.9 Å². The Labute approximate surface area is 67.3 Å². The maximum atomic E-state index is 5.22. The summed E-state index contributed by atoms with van der Waals surface area (Å²) in [5.74, 6) is 4.88. The summed E-state index contributed by atoms with van der Waals surface area (Å²) in [5.41, 5.74) is 1.01. The Morgan fingerprint density at radius 2 is 1.55 bits per heavy atom. The smallest absolute Gasteiger partial charge is 0.105 e. The lowest BCUT2D eigenvalue weighted by molar-refractivity contribution is 1.18. The van der Waals surface area contributed by atoms with Gasteiger partial charge in [0.15, 0.2) is 0 Å². The fourth-order valence-electron chi connectivity index (χ4n) is 0.886. The lowest BCUT2D eigenvalue weighted by Gasteiger charge is -2.00. The highest BCUT2D eigenvalue weighted by Gasteiger charge is 2.00. The van der Waals surface area contributed by atoms with E-state index in [0.717, 1.165) is 5.56 Å². The van der Waals surface area contributed by atoms with Crippen molar-refractivity contribution in [1.29, 1.82) is 0 Å². The van der Waals surface area contributed by atoms with Gasteiger partial charge in [0.25, 0.3) is 0 Å². The molecule has 0 aliphatic carbocycles. The molecule has 0 radical (unpaired) electrons. The van der Waals surface area contributed by atoms with Gasteiger partial charge in [-0.2, -0.15) is 0 Å². The van der Waals surface area contributed by atoms with E-state index in [1.807, 2.05) is 30.3 Å². The molecule has 11 heavy (non-hydrogen) atoms. The molecule has 0 saturated carbocycles. The molecular formula is C11H8. The van der Waals surface area contributed by atoms with E-state index in [4.69, 9.17) is 12.8 Å². The Balaban J connectivity index is 2.96. The molecule has 0 amide bonds. The summed E-state index contributed by atoms with van der Waals surface area (Å²) in [6.07, 6.45) is 10.4. The summed E-state index contributed by atoms with van der Waals surface area (Å²) in [6.45, 7) is 0. The Hall–Kier alpha value is -1.66. The van der Waals surface area contributed by atoms with E-state index in [2.05, 4.69) is 11.8 Å². The zero-order chi connectivity index (χ0) is 8.10. The van der Waals surface area contributed by atoms with Crippen LogP contribution < -0.4 is 0 Å². The maximum Gasteiger partial charge on any atom is 0.105 e. The van der Waals surface area contributed by atoms with Crippen LogP contribution in [0.25, 0.3) is 0 Å². The van der Waals surface area contributed by atoms with Gasteiger partial charge in [0.05, 0.1) is 0 Å². The molecule has 1 rings (SSSR count). The van der Waals surface area contributed by atoms with E-state index >= 15 is 0 Å². The number of rotatable bonds is 1. The molecule has 0 aromatic heterocycles. The highest BCUT2D eigenvalue weighted by atomic mass is 14.0. The Morgan fingerprint density at radius 1 is 1.00 bits per heavy atom. The van der Waals surface area contributed by atoms with Gasteiger partial charge in [0.2, 0.25) is 0 Å². The van der Waals surface area contributed by atoms with Crippen LogP contribution in [0.5, 0.6) is 0 Å². The van der Waals surface area contributed by atoms with Crippen molar-refractivity contribution in [1.82, 2.24) is 0 Å². The predicted octanol–water partition coefficient (Wildman–Crippen LogP) is 2.04. The van der Waals surface area contributed by atoms with Crippen molar-refractivity contribution in [3.8, 4) is 24.7 Å². The van der Waals surface area contributed by atoms with Crippen molar-refractivity contribution < 1.29 is 0 Å². The normalized spacial score (nSPS) is 8.64. The molecule has 0 aliphatic heterocycles. The van der Waals surface area contributed by atoms with Gasteiger partial charge in [-0.1, -0.05) is 42.2 Å². The van der Waals surface area contributed by atoms with E-state index in [1.165, 1.54) is 0 Å². The first-order valence-corrected chi connectivity index (χ1v) is 3.35. The molecule has 0 heteroatoms. The molecule has 0 nitrogen and oxygen atoms in total. The molecule has 0 bridgehead atoms. The van der Waals surface area contributed by atoms with Crippen LogP contribution in [0.2, 0.25) is 0 Å². The third kappa shape index (κ3) is 1.63. The predicted molar refractivity (Wildman–Crippen MR) is 46.8 cm³/mol. The van der Waals surface area contributed by atoms with Crippen LogP contribution in [-0.2, 0) is 0 Å². The molecule has 0 unspecified atom stereocenters. The minimum absolute atomic E-state index is 0.184. The summed E-state index contributed by atoms with van der Waals surface area (Å²) in [5, 5.41) is 0. The van der Waals surface area contributed by atoms with E-state index in [9.17, 15) is 0 Å². The summed E-state index contributed by atoms with van der Waals surface area (Å²) >= 11 is 0. The average Bonchev–Trinajstić information content (AvgIpc) is 2.09. The minimum atomic E-state index is -0.184. The standard InChI is InChI=1S/C11H8/c1-3-10(4-2)11-8-6-5-7-9-11/h1-2,5-10H. The van der Waals surface area contributed by atoms with Crippen molar-refractivity contribution >= 4 is 0 Å². The monoisotopic (exact) mass is 140 g/mol. The topological polar surface area (TPSA) is 0 Å². The van der Waals surface area contributed by atoms with Crippen LogP contribution in [0.3, 0.4) is 0 Å². The van der Waals surface area contributed by atoms with Crippen LogP contribution in [0.1, 0.15) is 11.5 Å². The average molecular weight is 140 g/mol. The Bertz CT molecular complexity index is 281. The molecular weight excluding hydrogens is 132 g/mol. The number of hydrogen-bond donors (Lipinski definition) is 0. The second-order valence-corrected chi connectivity index (χ2v) is 2.18. The number of terminal acetylenes is 2. The molecule has 0 aliphatic rings. The van der Waals surface area contributed by atoms with Crippen LogP contribution in [-0.4, -0.2) is 0 Å². The summed E-state index contributed by atoms with van der Waals surface area (Å²) in [7, 11) is 0. The third-order valence-electron chi connectivity index (χ3n) is 1.47. The lowest BCUT2D eigenvalue weighted by Crippen LogP contribution is -1.89. The molecule has 1 aromatic carbocycles. The Morgan fingerprint density at radius 3 is 2.00 bits per heavy atom. The highest BCUT2D eigenvalue weighted by molar-refractivity contribution is 5.34. The van der Waals surface area contributed by atoms with Gasteiger partial charge in [-0.15, -0.1) is 12.8 Å². The largest absolute Gasteiger partial charge is 0.118 e. The van der Waals surface area contributed by atoms with Gasteiger partial charge >= 0.3 is 0 Å². The van der Waals surface area contributed by atoms with Gasteiger partial charge < -0.3 is 0 Å². The van der Waals surface area contributed by atoms with Crippen LogP contribution in [0.4, 0.5) is 0 Å². The Kier molecular flexibility index (Phi) is 2.37. The fourth-order valence-corrected chi connectivity index (χ4v) is 0.886. The summed E-state index contributed by atoms with van der Waals surface area (Å²) in [4.78, 5) is 0. The van der Waals surface area contributed by atoms with Crippen molar-refractivity contribution in [2.24, 2.45) is 0 Å². The van der Waals surface area contributed by atoms with E-state index in [1.54, 1.807) is 0 Å². The molecule has 0 atom stereocenters. The molecule has 0 heterocycles. The molecule has 52 valence electrons. The second-order valence-electron chi connectivity index (χ2n) is 2.18. The molecule has 0 N–H and O–H groups in total. The van der Waals surface area contributed by atoms with Gasteiger partial charge in [-0.3, -0.25) is 0 Å². The molecule has 0 fully saturated rings. The van der Waals surface area contributed by atoms with Gasteiger partial charge in [-0.05, 0) is 5.56 Å². The second kappa shape index (κ2) is 3.49. The van der Waals surface area contributed by atoms with Gasteiger partial charge in [0, 0.05) is 0 Å². The number of hydrogen-bond acceptors (Lipinski definition) is 0. The first kappa shape index (κ1) is 7.45. The minimum Gasteiger partial charge on any atom is -0.118 e. The van der Waals surface area contributed by atoms with Gasteiger partial charge in [-0.25, -0.2) is 0 Å². The summed E-state index contributed by atoms with van der Waals surface area (Å²) in [6, 6.07) is 9.66. The first-order valence-electron chi connectivity index (χ1n) is 3.35. The first-order chi connectivity index (χ1) is 5.38. The number of benzene rings is 1. The molecule has 0 saturated heterocycles. The van der Waals surface area contributed by atoms with E-state index in [-0.39, 0.29) is 5.92 Å². The zero-order valence-electron chi connectivity index (χ0n) is 6.12. The van der Waals surface area contributed by atoms with Crippen LogP contribution in [0, 0.1) is 24.7 Å². The molecule has 0 spiro atoms. The molecule has 1 aromatic rings. The van der Waals surface area contributed by atoms with Crippen LogP contribution in [0.15, 0.2) is 30.3 Å². The lowest BCUT2D eigenvalue weighted by atomic mass is 10.0. The zero-order valence-corrected chi connectivity index (χ0v) is 6.12. The fraction of sp³-hybridized carbons (Fsp3) is 0.0909. The maximum absolute atomic E-state index is 5.22. The van der Waals surface area contributed by atoms with Gasteiger partial charge in [0.1, 0.15) is 5.92 Å².